The number of likely N-dealkylation sites (tertiary alicyclic amines) is 2. The van der Waals surface area contributed by atoms with E-state index in [4.69, 9.17) is 0 Å². The first-order valence-corrected chi connectivity index (χ1v) is 8.94. The van der Waals surface area contributed by atoms with Crippen molar-refractivity contribution < 1.29 is 14.7 Å². The van der Waals surface area contributed by atoms with Crippen LogP contribution in [-0.2, 0) is 9.59 Å². The first-order chi connectivity index (χ1) is 11.7. The molecule has 0 aliphatic carbocycles. The summed E-state index contributed by atoms with van der Waals surface area (Å²) < 4.78 is 0. The Morgan fingerprint density at radius 2 is 1.96 bits per heavy atom. The molecular weight excluding hydrogens is 304 g/mol. The Morgan fingerprint density at radius 1 is 1.17 bits per heavy atom. The van der Waals surface area contributed by atoms with E-state index in [1.807, 2.05) is 35.2 Å². The molecule has 0 aromatic heterocycles. The van der Waals surface area contributed by atoms with Gasteiger partial charge >= 0.3 is 0 Å². The van der Waals surface area contributed by atoms with Crippen LogP contribution < -0.4 is 0 Å². The van der Waals surface area contributed by atoms with Crippen molar-refractivity contribution >= 4 is 11.8 Å². The lowest BCUT2D eigenvalue weighted by atomic mass is 9.95. The number of piperidine rings is 2. The fraction of sp³-hybridized carbons (Fsp3) is 0.579. The van der Waals surface area contributed by atoms with Gasteiger partial charge in [0, 0.05) is 32.7 Å². The third-order valence-corrected chi connectivity index (χ3v) is 5.11. The highest BCUT2D eigenvalue weighted by atomic mass is 16.3. The van der Waals surface area contributed by atoms with Crippen LogP contribution in [0.2, 0.25) is 0 Å². The number of nitrogens with zero attached hydrogens (tertiary/aromatic N) is 2. The molecular formula is C19H26N2O3. The smallest absolute Gasteiger partial charge is 0.250 e. The van der Waals surface area contributed by atoms with Gasteiger partial charge in [-0.15, -0.1) is 0 Å². The number of carbonyl (C=O) groups is 2. The van der Waals surface area contributed by atoms with Crippen molar-refractivity contribution in [3.63, 3.8) is 0 Å². The number of benzene rings is 1. The van der Waals surface area contributed by atoms with Gasteiger partial charge < -0.3 is 14.9 Å². The van der Waals surface area contributed by atoms with E-state index >= 15 is 0 Å². The van der Waals surface area contributed by atoms with Crippen LogP contribution in [0, 0.1) is 5.92 Å². The van der Waals surface area contributed by atoms with E-state index in [2.05, 4.69) is 0 Å². The first kappa shape index (κ1) is 17.0. The number of amides is 2. The van der Waals surface area contributed by atoms with Crippen molar-refractivity contribution in [3.8, 4) is 0 Å². The lowest BCUT2D eigenvalue weighted by Gasteiger charge is -2.39. The number of aliphatic hydroxyl groups excluding tert-OH is 1. The average molecular weight is 330 g/mol. The second kappa shape index (κ2) is 7.79. The summed E-state index contributed by atoms with van der Waals surface area (Å²) in [5.41, 5.74) is 0.879. The Kier molecular flexibility index (Phi) is 5.51. The van der Waals surface area contributed by atoms with Gasteiger partial charge in [-0.1, -0.05) is 30.3 Å². The highest BCUT2D eigenvalue weighted by molar-refractivity contribution is 5.89. The molecule has 0 bridgehead atoms. The molecule has 24 heavy (non-hydrogen) atoms. The highest BCUT2D eigenvalue weighted by Crippen LogP contribution is 2.29. The number of aliphatic hydroxyl groups is 1. The standard InChI is InChI=1S/C19H26N2O3/c22-14-15-7-6-11-20(13-15)19(24)18(16-8-2-1-3-9-16)21-12-5-4-10-17(21)23/h1-3,8-9,15,18,22H,4-7,10-14H2. The fourth-order valence-electron chi connectivity index (χ4n) is 3.78. The van der Waals surface area contributed by atoms with Crippen LogP contribution in [0.3, 0.4) is 0 Å². The molecule has 2 aliphatic heterocycles. The number of hydrogen-bond donors (Lipinski definition) is 1. The molecule has 2 fully saturated rings. The summed E-state index contributed by atoms with van der Waals surface area (Å²) in [6.07, 6.45) is 4.24. The molecule has 5 heteroatoms. The van der Waals surface area contributed by atoms with Crippen LogP contribution in [0.5, 0.6) is 0 Å². The maximum atomic E-state index is 13.3. The molecule has 2 unspecified atom stereocenters. The average Bonchev–Trinajstić information content (AvgIpc) is 2.64. The van der Waals surface area contributed by atoms with Crippen LogP contribution >= 0.6 is 0 Å². The number of rotatable bonds is 4. The second-order valence-electron chi connectivity index (χ2n) is 6.83. The Morgan fingerprint density at radius 3 is 2.67 bits per heavy atom. The minimum Gasteiger partial charge on any atom is -0.396 e. The normalized spacial score (nSPS) is 23.2. The van der Waals surface area contributed by atoms with Gasteiger partial charge in [0.05, 0.1) is 0 Å². The molecule has 2 saturated heterocycles. The van der Waals surface area contributed by atoms with Crippen LogP contribution in [0.4, 0.5) is 0 Å². The van der Waals surface area contributed by atoms with Crippen LogP contribution in [0.1, 0.15) is 43.7 Å². The van der Waals surface area contributed by atoms with E-state index in [1.165, 1.54) is 0 Å². The molecule has 1 aromatic carbocycles. The molecule has 130 valence electrons. The summed E-state index contributed by atoms with van der Waals surface area (Å²) in [6.45, 7) is 2.05. The van der Waals surface area contributed by atoms with Crippen molar-refractivity contribution in [2.45, 2.75) is 38.1 Å². The van der Waals surface area contributed by atoms with Crippen molar-refractivity contribution in [3.05, 3.63) is 35.9 Å². The molecule has 1 N–H and O–H groups in total. The zero-order chi connectivity index (χ0) is 16.9. The quantitative estimate of drug-likeness (QED) is 0.918. The van der Waals surface area contributed by atoms with Crippen molar-refractivity contribution in [2.24, 2.45) is 5.92 Å². The first-order valence-electron chi connectivity index (χ1n) is 8.94. The van der Waals surface area contributed by atoms with E-state index in [1.54, 1.807) is 4.90 Å². The lowest BCUT2D eigenvalue weighted by molar-refractivity contribution is -0.149. The number of hydrogen-bond acceptors (Lipinski definition) is 3. The molecule has 1 aromatic rings. The van der Waals surface area contributed by atoms with Gasteiger partial charge in [-0.05, 0) is 37.2 Å². The molecule has 2 atom stereocenters. The summed E-state index contributed by atoms with van der Waals surface area (Å²) in [4.78, 5) is 29.3. The minimum absolute atomic E-state index is 0.00500. The van der Waals surface area contributed by atoms with E-state index < -0.39 is 6.04 Å². The second-order valence-corrected chi connectivity index (χ2v) is 6.83. The van der Waals surface area contributed by atoms with E-state index in [-0.39, 0.29) is 24.3 Å². The van der Waals surface area contributed by atoms with E-state index in [0.717, 1.165) is 31.2 Å². The van der Waals surface area contributed by atoms with Gasteiger partial charge in [0.2, 0.25) is 11.8 Å². The van der Waals surface area contributed by atoms with E-state index in [9.17, 15) is 14.7 Å². The van der Waals surface area contributed by atoms with E-state index in [0.29, 0.717) is 26.1 Å². The maximum Gasteiger partial charge on any atom is 0.250 e. The Bertz CT molecular complexity index is 575. The van der Waals surface area contributed by atoms with Crippen molar-refractivity contribution in [1.82, 2.24) is 9.80 Å². The molecule has 3 rings (SSSR count). The van der Waals surface area contributed by atoms with Crippen molar-refractivity contribution in [1.29, 1.82) is 0 Å². The zero-order valence-corrected chi connectivity index (χ0v) is 14.1. The predicted molar refractivity (Wildman–Crippen MR) is 91.1 cm³/mol. The minimum atomic E-state index is -0.531. The predicted octanol–water partition coefficient (Wildman–Crippen LogP) is 1.97. The summed E-state index contributed by atoms with van der Waals surface area (Å²) >= 11 is 0. The maximum absolute atomic E-state index is 13.3. The van der Waals surface area contributed by atoms with Crippen molar-refractivity contribution in [2.75, 3.05) is 26.2 Å². The summed E-state index contributed by atoms with van der Waals surface area (Å²) in [5.74, 6) is 0.213. The Labute approximate surface area is 143 Å². The van der Waals surface area contributed by atoms with Gasteiger partial charge in [-0.25, -0.2) is 0 Å². The summed E-state index contributed by atoms with van der Waals surface area (Å²) in [7, 11) is 0. The van der Waals surface area contributed by atoms with Crippen LogP contribution in [-0.4, -0.2) is 53.0 Å². The third kappa shape index (κ3) is 3.61. The zero-order valence-electron chi connectivity index (χ0n) is 14.1. The van der Waals surface area contributed by atoms with Gasteiger partial charge in [-0.2, -0.15) is 0 Å². The topological polar surface area (TPSA) is 60.9 Å². The molecule has 0 radical (unpaired) electrons. The highest BCUT2D eigenvalue weighted by Gasteiger charge is 2.36. The van der Waals surface area contributed by atoms with Gasteiger partial charge in [0.1, 0.15) is 6.04 Å². The molecule has 0 saturated carbocycles. The van der Waals surface area contributed by atoms with Crippen LogP contribution in [0.25, 0.3) is 0 Å². The molecule has 2 amide bonds. The molecule has 5 nitrogen and oxygen atoms in total. The van der Waals surface area contributed by atoms with Gasteiger partial charge in [0.15, 0.2) is 0 Å². The molecule has 0 spiro atoms. The number of carbonyl (C=O) groups excluding carboxylic acids is 2. The third-order valence-electron chi connectivity index (χ3n) is 5.11. The van der Waals surface area contributed by atoms with Crippen LogP contribution in [0.15, 0.2) is 30.3 Å². The summed E-state index contributed by atoms with van der Waals surface area (Å²) in [6, 6.07) is 9.08. The molecule has 2 heterocycles. The Hall–Kier alpha value is -1.88. The lowest BCUT2D eigenvalue weighted by Crippen LogP contribution is -2.50. The summed E-state index contributed by atoms with van der Waals surface area (Å²) in [5, 5.41) is 9.43. The monoisotopic (exact) mass is 330 g/mol. The van der Waals surface area contributed by atoms with Gasteiger partial charge in [0.25, 0.3) is 0 Å². The van der Waals surface area contributed by atoms with Gasteiger partial charge in [-0.3, -0.25) is 9.59 Å². The Balaban J connectivity index is 1.86. The molecule has 2 aliphatic rings. The fourth-order valence-corrected chi connectivity index (χ4v) is 3.78. The largest absolute Gasteiger partial charge is 0.396 e. The SMILES string of the molecule is O=C(C(c1ccccc1)N1CCCCC1=O)N1CCCC(CO)C1.